The van der Waals surface area contributed by atoms with Gasteiger partial charge in [0.15, 0.2) is 0 Å². The number of nitrogens with two attached hydrogens (primary N) is 1. The van der Waals surface area contributed by atoms with Crippen LogP contribution in [0.5, 0.6) is 5.75 Å². The number of rotatable bonds is 6. The van der Waals surface area contributed by atoms with E-state index in [9.17, 15) is 9.59 Å². The quantitative estimate of drug-likeness (QED) is 0.692. The number of fused-ring (bicyclic) bond motifs is 1. The lowest BCUT2D eigenvalue weighted by Crippen LogP contribution is -2.38. The molecule has 0 bridgehead atoms. The van der Waals surface area contributed by atoms with Crippen LogP contribution in [0.1, 0.15) is 18.5 Å². The molecule has 4 rings (SSSR count). The fourth-order valence-electron chi connectivity index (χ4n) is 3.96. The average molecular weight is 394 g/mol. The van der Waals surface area contributed by atoms with Crippen LogP contribution in [-0.2, 0) is 24.9 Å². The van der Waals surface area contributed by atoms with Crippen LogP contribution in [0.3, 0.4) is 0 Å². The fraction of sp³-hybridized carbons (Fsp3) is 0.364. The minimum atomic E-state index is -0.364. The fourth-order valence-corrected chi connectivity index (χ4v) is 3.96. The third-order valence-electron chi connectivity index (χ3n) is 5.60. The lowest BCUT2D eigenvalue weighted by Gasteiger charge is -2.32. The summed E-state index contributed by atoms with van der Waals surface area (Å²) in [6, 6.07) is 13.3. The molecule has 1 aliphatic rings. The molecule has 1 amide bonds. The third kappa shape index (κ3) is 4.19. The summed E-state index contributed by atoms with van der Waals surface area (Å²) in [4.78, 5) is 25.4. The van der Waals surface area contributed by atoms with Crippen LogP contribution in [0.25, 0.3) is 10.9 Å². The van der Waals surface area contributed by atoms with Gasteiger partial charge in [0, 0.05) is 50.0 Å². The SMILES string of the molecule is Cn1c(CN2CCC(Oc3cccc4c3ccn4CC(N)=O)CC2)cccc1=O. The second-order valence-electron chi connectivity index (χ2n) is 7.61. The van der Waals surface area contributed by atoms with E-state index in [-0.39, 0.29) is 24.1 Å². The monoisotopic (exact) mass is 394 g/mol. The Morgan fingerprint density at radius 3 is 2.66 bits per heavy atom. The Labute approximate surface area is 169 Å². The molecule has 152 valence electrons. The number of carbonyl (C=O) groups is 1. The van der Waals surface area contributed by atoms with Crippen molar-refractivity contribution < 1.29 is 9.53 Å². The number of primary amides is 1. The van der Waals surface area contributed by atoms with Crippen molar-refractivity contribution in [3.05, 3.63) is 64.7 Å². The molecule has 2 N–H and O–H groups in total. The zero-order chi connectivity index (χ0) is 20.4. The Hall–Kier alpha value is -3.06. The Kier molecular flexibility index (Phi) is 5.40. The van der Waals surface area contributed by atoms with Crippen LogP contribution in [0.4, 0.5) is 0 Å². The van der Waals surface area contributed by atoms with Crippen molar-refractivity contribution in [3.63, 3.8) is 0 Å². The van der Waals surface area contributed by atoms with Gasteiger partial charge in [-0.2, -0.15) is 0 Å². The molecule has 1 saturated heterocycles. The van der Waals surface area contributed by atoms with Crippen molar-refractivity contribution in [2.45, 2.75) is 32.0 Å². The molecule has 0 saturated carbocycles. The summed E-state index contributed by atoms with van der Waals surface area (Å²) in [5.74, 6) is 0.478. The lowest BCUT2D eigenvalue weighted by molar-refractivity contribution is -0.118. The Bertz CT molecular complexity index is 1080. The lowest BCUT2D eigenvalue weighted by atomic mass is 10.1. The molecule has 29 heavy (non-hydrogen) atoms. The highest BCUT2D eigenvalue weighted by atomic mass is 16.5. The molecule has 0 radical (unpaired) electrons. The van der Waals surface area contributed by atoms with Crippen molar-refractivity contribution in [2.24, 2.45) is 12.8 Å². The highest BCUT2D eigenvalue weighted by Gasteiger charge is 2.22. The standard InChI is InChI=1S/C22H26N4O3/c1-24-16(4-2-7-22(24)28)14-25-11-8-17(9-12-25)29-20-6-3-5-19-18(20)10-13-26(19)15-21(23)27/h2-7,10,13,17H,8-9,11-12,14-15H2,1H3,(H2,23,27). The first-order valence-corrected chi connectivity index (χ1v) is 9.91. The highest BCUT2D eigenvalue weighted by Crippen LogP contribution is 2.29. The van der Waals surface area contributed by atoms with Crippen molar-refractivity contribution in [3.8, 4) is 5.75 Å². The predicted octanol–water partition coefficient (Wildman–Crippen LogP) is 1.87. The number of carbonyl (C=O) groups excluding carboxylic acids is 1. The first kappa shape index (κ1) is 19.3. The van der Waals surface area contributed by atoms with Crippen LogP contribution in [0.2, 0.25) is 0 Å². The number of amides is 1. The maximum absolute atomic E-state index is 11.8. The minimum absolute atomic E-state index is 0.0251. The summed E-state index contributed by atoms with van der Waals surface area (Å²) in [5.41, 5.74) is 7.33. The van der Waals surface area contributed by atoms with Gasteiger partial charge in [-0.15, -0.1) is 0 Å². The van der Waals surface area contributed by atoms with Gasteiger partial charge in [-0.05, 0) is 37.1 Å². The summed E-state index contributed by atoms with van der Waals surface area (Å²) >= 11 is 0. The normalized spacial score (nSPS) is 15.6. The molecule has 0 aliphatic carbocycles. The van der Waals surface area contributed by atoms with Gasteiger partial charge < -0.3 is 19.6 Å². The Morgan fingerprint density at radius 1 is 1.14 bits per heavy atom. The van der Waals surface area contributed by atoms with Gasteiger partial charge in [-0.25, -0.2) is 0 Å². The van der Waals surface area contributed by atoms with E-state index in [1.54, 1.807) is 10.6 Å². The van der Waals surface area contributed by atoms with Crippen LogP contribution in [-0.4, -0.2) is 39.1 Å². The molecule has 0 unspecified atom stereocenters. The molecular weight excluding hydrogens is 368 g/mol. The number of aromatic nitrogens is 2. The number of ether oxygens (including phenoxy) is 1. The summed E-state index contributed by atoms with van der Waals surface area (Å²) in [7, 11) is 1.82. The zero-order valence-corrected chi connectivity index (χ0v) is 16.6. The molecule has 3 aromatic rings. The molecule has 7 heteroatoms. The number of hydrogen-bond donors (Lipinski definition) is 1. The molecule has 3 heterocycles. The van der Waals surface area contributed by atoms with Crippen molar-refractivity contribution in [2.75, 3.05) is 13.1 Å². The van der Waals surface area contributed by atoms with Crippen LogP contribution >= 0.6 is 0 Å². The average Bonchev–Trinajstić information content (AvgIpc) is 3.10. The van der Waals surface area contributed by atoms with E-state index in [4.69, 9.17) is 10.5 Å². The van der Waals surface area contributed by atoms with E-state index in [0.29, 0.717) is 0 Å². The maximum Gasteiger partial charge on any atom is 0.250 e. The van der Waals surface area contributed by atoms with Gasteiger partial charge in [0.05, 0.1) is 5.52 Å². The zero-order valence-electron chi connectivity index (χ0n) is 16.6. The summed E-state index contributed by atoms with van der Waals surface area (Å²) < 4.78 is 9.87. The number of nitrogens with zero attached hydrogens (tertiary/aromatic N) is 3. The van der Waals surface area contributed by atoms with Gasteiger partial charge in [-0.3, -0.25) is 14.5 Å². The number of likely N-dealkylation sites (tertiary alicyclic amines) is 1. The van der Waals surface area contributed by atoms with E-state index in [2.05, 4.69) is 4.90 Å². The summed E-state index contributed by atoms with van der Waals surface area (Å²) in [6.07, 6.45) is 3.88. The first-order valence-electron chi connectivity index (χ1n) is 9.91. The maximum atomic E-state index is 11.8. The van der Waals surface area contributed by atoms with Crippen molar-refractivity contribution in [1.29, 1.82) is 0 Å². The van der Waals surface area contributed by atoms with E-state index >= 15 is 0 Å². The smallest absolute Gasteiger partial charge is 0.250 e. The van der Waals surface area contributed by atoms with E-state index in [0.717, 1.165) is 54.8 Å². The minimum Gasteiger partial charge on any atom is -0.490 e. The number of pyridine rings is 1. The predicted molar refractivity (Wildman–Crippen MR) is 112 cm³/mol. The van der Waals surface area contributed by atoms with Crippen LogP contribution < -0.4 is 16.0 Å². The molecular formula is C22H26N4O3. The second-order valence-corrected chi connectivity index (χ2v) is 7.61. The van der Waals surface area contributed by atoms with Gasteiger partial charge in [0.1, 0.15) is 18.4 Å². The summed E-state index contributed by atoms with van der Waals surface area (Å²) in [6.45, 7) is 2.77. The molecule has 1 fully saturated rings. The highest BCUT2D eigenvalue weighted by molar-refractivity contribution is 5.87. The van der Waals surface area contributed by atoms with E-state index in [1.807, 2.05) is 54.2 Å². The van der Waals surface area contributed by atoms with Gasteiger partial charge >= 0.3 is 0 Å². The van der Waals surface area contributed by atoms with Gasteiger partial charge in [0.2, 0.25) is 11.5 Å². The molecule has 2 aromatic heterocycles. The Balaban J connectivity index is 1.40. The van der Waals surface area contributed by atoms with Gasteiger partial charge in [-0.1, -0.05) is 12.1 Å². The summed E-state index contributed by atoms with van der Waals surface area (Å²) in [5, 5.41) is 0.996. The topological polar surface area (TPSA) is 82.5 Å². The molecule has 0 spiro atoms. The number of hydrogen-bond acceptors (Lipinski definition) is 4. The van der Waals surface area contributed by atoms with Crippen molar-refractivity contribution in [1.82, 2.24) is 14.0 Å². The third-order valence-corrected chi connectivity index (χ3v) is 5.60. The van der Waals surface area contributed by atoms with Crippen LogP contribution in [0.15, 0.2) is 53.5 Å². The molecule has 1 aromatic carbocycles. The molecule has 0 atom stereocenters. The molecule has 7 nitrogen and oxygen atoms in total. The van der Waals surface area contributed by atoms with E-state index < -0.39 is 0 Å². The Morgan fingerprint density at radius 2 is 1.90 bits per heavy atom. The first-order chi connectivity index (χ1) is 14.0. The van der Waals surface area contributed by atoms with E-state index in [1.165, 1.54) is 0 Å². The molecule has 1 aliphatic heterocycles. The van der Waals surface area contributed by atoms with Crippen LogP contribution in [0, 0.1) is 0 Å². The second kappa shape index (κ2) is 8.13. The number of benzene rings is 1. The van der Waals surface area contributed by atoms with Crippen molar-refractivity contribution >= 4 is 16.8 Å². The van der Waals surface area contributed by atoms with Gasteiger partial charge in [0.25, 0.3) is 0 Å². The number of piperidine rings is 1. The largest absolute Gasteiger partial charge is 0.490 e.